The van der Waals surface area contributed by atoms with Gasteiger partial charge in [-0.3, -0.25) is 0 Å². The van der Waals surface area contributed by atoms with Crippen LogP contribution >= 0.6 is 0 Å². The molecule has 0 radical (unpaired) electrons. The van der Waals surface area contributed by atoms with Crippen LogP contribution in [0.4, 0.5) is 0 Å². The highest BCUT2D eigenvalue weighted by Crippen LogP contribution is 2.70. The van der Waals surface area contributed by atoms with Crippen LogP contribution < -0.4 is 0 Å². The third-order valence-corrected chi connectivity index (χ3v) is 6.71. The minimum Gasteiger partial charge on any atom is -0.390 e. The highest BCUT2D eigenvalue weighted by atomic mass is 16.5. The Balaban J connectivity index is 1.77. The predicted octanol–water partition coefficient (Wildman–Crippen LogP) is 2.74. The van der Waals surface area contributed by atoms with Crippen molar-refractivity contribution in [3.8, 4) is 0 Å². The molecular weight excluding hydrogens is 212 g/mol. The minimum absolute atomic E-state index is 0.157. The van der Waals surface area contributed by atoms with E-state index in [0.717, 1.165) is 18.8 Å². The summed E-state index contributed by atoms with van der Waals surface area (Å²) in [5.74, 6) is 1.40. The molecule has 4 aliphatic rings. The summed E-state index contributed by atoms with van der Waals surface area (Å²) in [5, 5.41) is 10.4. The fourth-order valence-corrected chi connectivity index (χ4v) is 5.68. The summed E-state index contributed by atoms with van der Waals surface area (Å²) >= 11 is 0. The molecule has 2 aliphatic carbocycles. The van der Waals surface area contributed by atoms with Crippen molar-refractivity contribution in [2.24, 2.45) is 22.7 Å². The summed E-state index contributed by atoms with van der Waals surface area (Å²) in [5.41, 5.74) is 0.671. The second-order valence-corrected chi connectivity index (χ2v) is 8.09. The quantitative estimate of drug-likeness (QED) is 0.701. The van der Waals surface area contributed by atoms with E-state index in [1.807, 2.05) is 0 Å². The molecule has 0 aromatic heterocycles. The summed E-state index contributed by atoms with van der Waals surface area (Å²) in [6.45, 7) is 7.18. The Hall–Kier alpha value is -0.0800. The molecule has 2 heteroatoms. The maximum absolute atomic E-state index is 10.4. The van der Waals surface area contributed by atoms with Crippen LogP contribution in [0.15, 0.2) is 0 Å². The van der Waals surface area contributed by atoms with Gasteiger partial charge in [0.1, 0.15) is 0 Å². The number of fused-ring (bicyclic) bond motifs is 4. The van der Waals surface area contributed by atoms with Gasteiger partial charge in [-0.05, 0) is 48.3 Å². The van der Waals surface area contributed by atoms with Crippen molar-refractivity contribution in [2.45, 2.75) is 70.7 Å². The molecule has 3 bridgehead atoms. The zero-order valence-electron chi connectivity index (χ0n) is 11.2. The molecule has 17 heavy (non-hydrogen) atoms. The molecule has 2 heterocycles. The van der Waals surface area contributed by atoms with Gasteiger partial charge < -0.3 is 9.84 Å². The molecule has 1 N–H and O–H groups in total. The van der Waals surface area contributed by atoms with Crippen LogP contribution in [-0.2, 0) is 4.74 Å². The number of hydrogen-bond donors (Lipinski definition) is 1. The second kappa shape index (κ2) is 2.75. The number of aliphatic hydroxyl groups is 1. The van der Waals surface area contributed by atoms with E-state index in [1.165, 1.54) is 19.3 Å². The van der Waals surface area contributed by atoms with Crippen molar-refractivity contribution in [3.05, 3.63) is 0 Å². The molecule has 1 spiro atoms. The van der Waals surface area contributed by atoms with Gasteiger partial charge in [-0.1, -0.05) is 20.8 Å². The lowest BCUT2D eigenvalue weighted by molar-refractivity contribution is -0.176. The molecule has 4 fully saturated rings. The normalized spacial score (nSPS) is 62.8. The fourth-order valence-electron chi connectivity index (χ4n) is 5.68. The van der Waals surface area contributed by atoms with Crippen molar-refractivity contribution in [1.29, 1.82) is 0 Å². The SMILES string of the molecule is CC1(C)C[C@H]2[C@H]1CC[C@]1(C)C[C@]23O[C@@H]1C[C@H]3O. The lowest BCUT2D eigenvalue weighted by atomic mass is 9.49. The van der Waals surface area contributed by atoms with Gasteiger partial charge in [0.15, 0.2) is 0 Å². The van der Waals surface area contributed by atoms with Crippen molar-refractivity contribution in [3.63, 3.8) is 0 Å². The Morgan fingerprint density at radius 2 is 1.94 bits per heavy atom. The second-order valence-electron chi connectivity index (χ2n) is 8.09. The Labute approximate surface area is 104 Å². The van der Waals surface area contributed by atoms with Crippen LogP contribution in [0.3, 0.4) is 0 Å². The van der Waals surface area contributed by atoms with Crippen LogP contribution in [0.5, 0.6) is 0 Å². The van der Waals surface area contributed by atoms with Gasteiger partial charge in [-0.2, -0.15) is 0 Å². The van der Waals surface area contributed by atoms with Crippen LogP contribution in [0.1, 0.15) is 52.9 Å². The van der Waals surface area contributed by atoms with Gasteiger partial charge in [-0.25, -0.2) is 0 Å². The lowest BCUT2D eigenvalue weighted by Crippen LogP contribution is -2.58. The Bertz CT molecular complexity index is 377. The van der Waals surface area contributed by atoms with E-state index in [1.54, 1.807) is 0 Å². The van der Waals surface area contributed by atoms with Gasteiger partial charge >= 0.3 is 0 Å². The third-order valence-electron chi connectivity index (χ3n) is 6.71. The number of ether oxygens (including phenoxy) is 1. The number of aliphatic hydroxyl groups excluding tert-OH is 1. The number of hydrogen-bond acceptors (Lipinski definition) is 2. The van der Waals surface area contributed by atoms with Crippen molar-refractivity contribution in [1.82, 2.24) is 0 Å². The van der Waals surface area contributed by atoms with Gasteiger partial charge in [0.25, 0.3) is 0 Å². The third kappa shape index (κ3) is 1.06. The summed E-state index contributed by atoms with van der Waals surface area (Å²) in [6, 6.07) is 0. The molecule has 2 aliphatic heterocycles. The zero-order valence-corrected chi connectivity index (χ0v) is 11.2. The van der Waals surface area contributed by atoms with Crippen LogP contribution in [0.2, 0.25) is 0 Å². The van der Waals surface area contributed by atoms with E-state index in [-0.39, 0.29) is 11.7 Å². The van der Waals surface area contributed by atoms with E-state index in [4.69, 9.17) is 4.74 Å². The maximum atomic E-state index is 10.4. The average Bonchev–Trinajstić information content (AvgIpc) is 2.63. The monoisotopic (exact) mass is 236 g/mol. The molecule has 0 aromatic rings. The predicted molar refractivity (Wildman–Crippen MR) is 65.6 cm³/mol. The van der Waals surface area contributed by atoms with Crippen molar-refractivity contribution < 1.29 is 9.84 Å². The van der Waals surface area contributed by atoms with Crippen molar-refractivity contribution in [2.75, 3.05) is 0 Å². The van der Waals surface area contributed by atoms with Gasteiger partial charge in [0.2, 0.25) is 0 Å². The highest BCUT2D eigenvalue weighted by molar-refractivity contribution is 5.20. The minimum atomic E-state index is -0.192. The van der Waals surface area contributed by atoms with Gasteiger partial charge in [0.05, 0.1) is 17.8 Å². The molecule has 0 aromatic carbocycles. The first-order chi connectivity index (χ1) is 7.87. The molecule has 96 valence electrons. The molecule has 2 nitrogen and oxygen atoms in total. The molecule has 4 rings (SSSR count). The van der Waals surface area contributed by atoms with E-state index in [0.29, 0.717) is 22.9 Å². The Kier molecular flexibility index (Phi) is 1.75. The molecule has 2 saturated carbocycles. The largest absolute Gasteiger partial charge is 0.390 e. The number of rotatable bonds is 0. The van der Waals surface area contributed by atoms with E-state index >= 15 is 0 Å². The Morgan fingerprint density at radius 3 is 2.65 bits per heavy atom. The highest BCUT2D eigenvalue weighted by Gasteiger charge is 2.71. The summed E-state index contributed by atoms with van der Waals surface area (Å²) in [6.07, 6.45) is 6.05. The van der Waals surface area contributed by atoms with Crippen LogP contribution in [-0.4, -0.2) is 22.9 Å². The maximum Gasteiger partial charge on any atom is 0.0982 e. The van der Waals surface area contributed by atoms with E-state index < -0.39 is 0 Å². The summed E-state index contributed by atoms with van der Waals surface area (Å²) in [7, 11) is 0. The zero-order chi connectivity index (χ0) is 12.1. The molecule has 0 amide bonds. The molecular formula is C15H24O2. The van der Waals surface area contributed by atoms with Gasteiger partial charge in [-0.15, -0.1) is 0 Å². The van der Waals surface area contributed by atoms with Crippen LogP contribution in [0.25, 0.3) is 0 Å². The molecule has 6 atom stereocenters. The molecule has 2 saturated heterocycles. The van der Waals surface area contributed by atoms with Crippen molar-refractivity contribution >= 4 is 0 Å². The topological polar surface area (TPSA) is 29.5 Å². The summed E-state index contributed by atoms with van der Waals surface area (Å²) < 4.78 is 6.36. The smallest absolute Gasteiger partial charge is 0.0982 e. The average molecular weight is 236 g/mol. The van der Waals surface area contributed by atoms with Crippen LogP contribution in [0, 0.1) is 22.7 Å². The lowest BCUT2D eigenvalue weighted by Gasteiger charge is -2.57. The van der Waals surface area contributed by atoms with E-state index in [9.17, 15) is 5.11 Å². The van der Waals surface area contributed by atoms with E-state index in [2.05, 4.69) is 20.8 Å². The van der Waals surface area contributed by atoms with Gasteiger partial charge in [0, 0.05) is 6.42 Å². The Morgan fingerprint density at radius 1 is 1.18 bits per heavy atom. The first-order valence-electron chi connectivity index (χ1n) is 7.23. The summed E-state index contributed by atoms with van der Waals surface area (Å²) in [4.78, 5) is 0. The first kappa shape index (κ1) is 10.8. The standard InChI is InChI=1S/C15H24O2/c1-13(2)7-10-9(13)4-5-14(3)8-15(10)11(16)6-12(14)17-15/h9-12,16H,4-8H2,1-3H3/t9-,10+,11-,12-,14-,15+/m1/s1. The molecule has 0 unspecified atom stereocenters. The fraction of sp³-hybridized carbons (Fsp3) is 1.00. The first-order valence-corrected chi connectivity index (χ1v) is 7.23.